The van der Waals surface area contributed by atoms with Gasteiger partial charge in [0, 0.05) is 5.39 Å². The number of hydrogen-bond acceptors (Lipinski definition) is 1. The topological polar surface area (TPSA) is 9.23 Å². The number of benzene rings is 3. The van der Waals surface area contributed by atoms with Gasteiger partial charge in [-0.25, -0.2) is 0 Å². The fraction of sp³-hybridized carbons (Fsp3) is 0.333. The van der Waals surface area contributed by atoms with Gasteiger partial charge < -0.3 is 4.74 Å². The van der Waals surface area contributed by atoms with E-state index in [-0.39, 0.29) is 0 Å². The lowest BCUT2D eigenvalue weighted by atomic mass is 9.97. The average Bonchev–Trinajstić information content (AvgIpc) is 2.68. The standard InChI is InChI=1S/C24H26F2O/c1-3-5-6-7-17-8-10-19(11-9-17)20-14-15-22-21(16-20)13-12-18(4-2)23(22)27-24(25)26/h8-16,24H,3-7H2,1-2H3. The highest BCUT2D eigenvalue weighted by atomic mass is 19.3. The zero-order chi connectivity index (χ0) is 19.2. The summed E-state index contributed by atoms with van der Waals surface area (Å²) in [6.45, 7) is 1.33. The average molecular weight is 368 g/mol. The largest absolute Gasteiger partial charge is 0.434 e. The van der Waals surface area contributed by atoms with Gasteiger partial charge >= 0.3 is 6.61 Å². The SMILES string of the molecule is CCCCCc1ccc(-c2ccc3c(OC(F)F)c(CC)ccc3c2)cc1. The molecule has 0 fully saturated rings. The first-order valence-corrected chi connectivity index (χ1v) is 9.72. The van der Waals surface area contributed by atoms with Gasteiger partial charge in [-0.2, -0.15) is 8.78 Å². The van der Waals surface area contributed by atoms with Crippen LogP contribution in [0.25, 0.3) is 21.9 Å². The lowest BCUT2D eigenvalue weighted by Gasteiger charge is -2.14. The van der Waals surface area contributed by atoms with Gasteiger partial charge in [-0.15, -0.1) is 0 Å². The molecule has 3 aromatic rings. The Morgan fingerprint density at radius 2 is 1.59 bits per heavy atom. The van der Waals surface area contributed by atoms with E-state index in [9.17, 15) is 8.78 Å². The van der Waals surface area contributed by atoms with Gasteiger partial charge in [-0.1, -0.05) is 75.2 Å². The summed E-state index contributed by atoms with van der Waals surface area (Å²) in [5, 5.41) is 1.64. The first-order chi connectivity index (χ1) is 13.1. The minimum absolute atomic E-state index is 0.294. The van der Waals surface area contributed by atoms with E-state index >= 15 is 0 Å². The van der Waals surface area contributed by atoms with Gasteiger partial charge in [-0.05, 0) is 53.0 Å². The van der Waals surface area contributed by atoms with Crippen molar-refractivity contribution in [1.29, 1.82) is 0 Å². The van der Waals surface area contributed by atoms with Crippen LogP contribution < -0.4 is 4.74 Å². The molecule has 0 aliphatic carbocycles. The summed E-state index contributed by atoms with van der Waals surface area (Å²) in [6, 6.07) is 18.4. The summed E-state index contributed by atoms with van der Waals surface area (Å²) in [6.07, 6.45) is 5.47. The maximum absolute atomic E-state index is 12.8. The molecular formula is C24H26F2O. The van der Waals surface area contributed by atoms with Crippen LogP contribution in [-0.2, 0) is 12.8 Å². The number of halogens is 2. The predicted octanol–water partition coefficient (Wildman–Crippen LogP) is 7.40. The van der Waals surface area contributed by atoms with Crippen molar-refractivity contribution >= 4 is 10.8 Å². The van der Waals surface area contributed by atoms with Crippen molar-refractivity contribution in [1.82, 2.24) is 0 Å². The Morgan fingerprint density at radius 3 is 2.26 bits per heavy atom. The third kappa shape index (κ3) is 4.65. The Morgan fingerprint density at radius 1 is 0.852 bits per heavy atom. The molecule has 0 saturated carbocycles. The van der Waals surface area contributed by atoms with Crippen LogP contribution in [-0.4, -0.2) is 6.61 Å². The van der Waals surface area contributed by atoms with Gasteiger partial charge in [0.05, 0.1) is 0 Å². The molecule has 3 aromatic carbocycles. The number of fused-ring (bicyclic) bond motifs is 1. The van der Waals surface area contributed by atoms with Crippen molar-refractivity contribution in [2.75, 3.05) is 0 Å². The van der Waals surface area contributed by atoms with Crippen molar-refractivity contribution < 1.29 is 13.5 Å². The number of rotatable bonds is 8. The van der Waals surface area contributed by atoms with Crippen molar-refractivity contribution in [3.63, 3.8) is 0 Å². The zero-order valence-electron chi connectivity index (χ0n) is 16.0. The second kappa shape index (κ2) is 8.98. The molecule has 0 amide bonds. The third-order valence-corrected chi connectivity index (χ3v) is 5.00. The van der Waals surface area contributed by atoms with Crippen molar-refractivity contribution in [2.45, 2.75) is 52.6 Å². The molecule has 142 valence electrons. The van der Waals surface area contributed by atoms with Crippen LogP contribution in [0.4, 0.5) is 8.78 Å². The second-order valence-corrected chi connectivity index (χ2v) is 6.88. The van der Waals surface area contributed by atoms with Crippen LogP contribution in [0.2, 0.25) is 0 Å². The van der Waals surface area contributed by atoms with Crippen LogP contribution in [0.15, 0.2) is 54.6 Å². The second-order valence-electron chi connectivity index (χ2n) is 6.88. The summed E-state index contributed by atoms with van der Waals surface area (Å²) >= 11 is 0. The highest BCUT2D eigenvalue weighted by Crippen LogP contribution is 2.34. The molecule has 0 atom stereocenters. The molecule has 0 radical (unpaired) electrons. The maximum atomic E-state index is 12.8. The molecule has 0 N–H and O–H groups in total. The van der Waals surface area contributed by atoms with Gasteiger partial charge in [0.1, 0.15) is 5.75 Å². The molecule has 0 spiro atoms. The van der Waals surface area contributed by atoms with Crippen LogP contribution >= 0.6 is 0 Å². The van der Waals surface area contributed by atoms with Crippen LogP contribution in [0, 0.1) is 0 Å². The Balaban J connectivity index is 1.90. The fourth-order valence-corrected chi connectivity index (χ4v) is 3.48. The molecule has 0 aromatic heterocycles. The lowest BCUT2D eigenvalue weighted by molar-refractivity contribution is -0.0493. The molecule has 27 heavy (non-hydrogen) atoms. The van der Waals surface area contributed by atoms with Crippen molar-refractivity contribution in [3.8, 4) is 16.9 Å². The number of aryl methyl sites for hydroxylation is 2. The summed E-state index contributed by atoms with van der Waals surface area (Å²) in [4.78, 5) is 0. The van der Waals surface area contributed by atoms with E-state index in [1.165, 1.54) is 24.8 Å². The minimum Gasteiger partial charge on any atom is -0.434 e. The number of hydrogen-bond donors (Lipinski definition) is 0. The molecule has 0 aliphatic rings. The van der Waals surface area contributed by atoms with Crippen molar-refractivity contribution in [3.05, 3.63) is 65.7 Å². The lowest BCUT2D eigenvalue weighted by Crippen LogP contribution is -2.04. The minimum atomic E-state index is -2.82. The Hall–Kier alpha value is -2.42. The smallest absolute Gasteiger partial charge is 0.387 e. The fourth-order valence-electron chi connectivity index (χ4n) is 3.48. The summed E-state index contributed by atoms with van der Waals surface area (Å²) in [5.74, 6) is 0.294. The molecule has 0 saturated heterocycles. The van der Waals surface area contributed by atoms with E-state index < -0.39 is 6.61 Å². The van der Waals surface area contributed by atoms with E-state index in [0.717, 1.165) is 33.9 Å². The van der Waals surface area contributed by atoms with Gasteiger partial charge in [0.2, 0.25) is 0 Å². The molecule has 3 heteroatoms. The Labute approximate surface area is 160 Å². The van der Waals surface area contributed by atoms with E-state index in [4.69, 9.17) is 4.74 Å². The van der Waals surface area contributed by atoms with Crippen molar-refractivity contribution in [2.24, 2.45) is 0 Å². The summed E-state index contributed by atoms with van der Waals surface area (Å²) < 4.78 is 30.5. The molecule has 0 heterocycles. The monoisotopic (exact) mass is 368 g/mol. The van der Waals surface area contributed by atoms with Crippen LogP contribution in [0.5, 0.6) is 5.75 Å². The number of alkyl halides is 2. The zero-order valence-corrected chi connectivity index (χ0v) is 16.0. The van der Waals surface area contributed by atoms with Gasteiger partial charge in [0.25, 0.3) is 0 Å². The number of unbranched alkanes of at least 4 members (excludes halogenated alkanes) is 2. The van der Waals surface area contributed by atoms with Crippen LogP contribution in [0.1, 0.15) is 44.2 Å². The molecular weight excluding hydrogens is 342 g/mol. The predicted molar refractivity (Wildman–Crippen MR) is 109 cm³/mol. The Kier molecular flexibility index (Phi) is 6.44. The Bertz CT molecular complexity index is 885. The van der Waals surface area contributed by atoms with E-state index in [1.807, 2.05) is 37.3 Å². The normalized spacial score (nSPS) is 11.3. The summed E-state index contributed by atoms with van der Waals surface area (Å²) in [5.41, 5.74) is 4.36. The maximum Gasteiger partial charge on any atom is 0.387 e. The van der Waals surface area contributed by atoms with Gasteiger partial charge in [0.15, 0.2) is 0 Å². The molecule has 0 bridgehead atoms. The number of ether oxygens (including phenoxy) is 1. The molecule has 0 aliphatic heterocycles. The quantitative estimate of drug-likeness (QED) is 0.376. The van der Waals surface area contributed by atoms with E-state index in [0.29, 0.717) is 12.2 Å². The van der Waals surface area contributed by atoms with E-state index in [1.54, 1.807) is 0 Å². The molecule has 1 nitrogen and oxygen atoms in total. The third-order valence-electron chi connectivity index (χ3n) is 5.00. The molecule has 0 unspecified atom stereocenters. The molecule has 3 rings (SSSR count). The first kappa shape index (κ1) is 19.3. The highest BCUT2D eigenvalue weighted by molar-refractivity contribution is 5.93. The first-order valence-electron chi connectivity index (χ1n) is 9.72. The van der Waals surface area contributed by atoms with E-state index in [2.05, 4.69) is 31.2 Å². The highest BCUT2D eigenvalue weighted by Gasteiger charge is 2.13. The van der Waals surface area contributed by atoms with Crippen LogP contribution in [0.3, 0.4) is 0 Å². The van der Waals surface area contributed by atoms with Gasteiger partial charge in [-0.3, -0.25) is 0 Å². The summed E-state index contributed by atoms with van der Waals surface area (Å²) in [7, 11) is 0.